The fraction of sp³-hybridized carbons (Fsp3) is 0.500. The summed E-state index contributed by atoms with van der Waals surface area (Å²) >= 11 is 0. The molecule has 1 aromatic rings. The van der Waals surface area contributed by atoms with Gasteiger partial charge in [0, 0.05) is 19.1 Å². The normalized spacial score (nSPS) is 23.7. The summed E-state index contributed by atoms with van der Waals surface area (Å²) in [6.07, 6.45) is 4.11. The molecule has 1 fully saturated rings. The molecule has 1 N–H and O–H groups in total. The minimum atomic E-state index is -0.0284. The molecule has 0 saturated carbocycles. The number of hydrogen-bond donors (Lipinski definition) is 1. The molecular formula is C18H23NO4. The first kappa shape index (κ1) is 15.9. The molecule has 0 bridgehead atoms. The number of hydrogen-bond acceptors (Lipinski definition) is 4. The Kier molecular flexibility index (Phi) is 5.53. The molecule has 0 aromatic heterocycles. The summed E-state index contributed by atoms with van der Waals surface area (Å²) < 4.78 is 16.6. The molecule has 1 saturated heterocycles. The molecular weight excluding hydrogens is 294 g/mol. The lowest BCUT2D eigenvalue weighted by Crippen LogP contribution is -2.33. The largest absolute Gasteiger partial charge is 0.494 e. The van der Waals surface area contributed by atoms with Gasteiger partial charge < -0.3 is 19.5 Å². The number of ether oxygens (including phenoxy) is 3. The van der Waals surface area contributed by atoms with Crippen LogP contribution < -0.4 is 10.1 Å². The van der Waals surface area contributed by atoms with Crippen molar-refractivity contribution in [2.24, 2.45) is 5.92 Å². The van der Waals surface area contributed by atoms with Crippen LogP contribution in [0.25, 0.3) is 0 Å². The van der Waals surface area contributed by atoms with Gasteiger partial charge in [0.25, 0.3) is 0 Å². The van der Waals surface area contributed by atoms with E-state index in [1.54, 1.807) is 6.26 Å². The Balaban J connectivity index is 1.39. The van der Waals surface area contributed by atoms with E-state index in [4.69, 9.17) is 14.2 Å². The number of nitrogens with one attached hydrogen (secondary N) is 1. The van der Waals surface area contributed by atoms with Gasteiger partial charge in [0.05, 0.1) is 18.4 Å². The van der Waals surface area contributed by atoms with Crippen molar-refractivity contribution in [2.45, 2.75) is 25.4 Å². The van der Waals surface area contributed by atoms with Gasteiger partial charge in [-0.1, -0.05) is 18.2 Å². The van der Waals surface area contributed by atoms with Crippen molar-refractivity contribution in [2.75, 3.05) is 26.4 Å². The third-order valence-corrected chi connectivity index (χ3v) is 4.18. The summed E-state index contributed by atoms with van der Waals surface area (Å²) in [5, 5.41) is 2.97. The lowest BCUT2D eigenvalue weighted by Gasteiger charge is -2.23. The highest BCUT2D eigenvalue weighted by atomic mass is 16.5. The molecule has 5 heteroatoms. The van der Waals surface area contributed by atoms with Crippen molar-refractivity contribution in [1.82, 2.24) is 5.32 Å². The predicted octanol–water partition coefficient (Wildman–Crippen LogP) is 2.28. The molecule has 3 rings (SSSR count). The Bertz CT molecular complexity index is 537. The minimum absolute atomic E-state index is 0.00464. The van der Waals surface area contributed by atoms with Crippen molar-refractivity contribution in [3.63, 3.8) is 0 Å². The van der Waals surface area contributed by atoms with Crippen LogP contribution >= 0.6 is 0 Å². The Morgan fingerprint density at radius 3 is 2.83 bits per heavy atom. The SMILES string of the molecule is O=C(NCC1CCOC1)C1=COC(COc2ccccc2)CC1. The first-order valence-corrected chi connectivity index (χ1v) is 8.19. The van der Waals surface area contributed by atoms with Crippen molar-refractivity contribution < 1.29 is 19.0 Å². The maximum atomic E-state index is 12.1. The van der Waals surface area contributed by atoms with E-state index in [1.807, 2.05) is 30.3 Å². The maximum Gasteiger partial charge on any atom is 0.250 e. The third-order valence-electron chi connectivity index (χ3n) is 4.18. The Labute approximate surface area is 136 Å². The van der Waals surface area contributed by atoms with Crippen molar-refractivity contribution in [1.29, 1.82) is 0 Å². The zero-order chi connectivity index (χ0) is 15.9. The van der Waals surface area contributed by atoms with E-state index in [0.717, 1.165) is 38.2 Å². The molecule has 2 aliphatic heterocycles. The van der Waals surface area contributed by atoms with Crippen LogP contribution in [-0.4, -0.2) is 38.4 Å². The first-order chi connectivity index (χ1) is 11.3. The first-order valence-electron chi connectivity index (χ1n) is 8.19. The second-order valence-electron chi connectivity index (χ2n) is 6.00. The van der Waals surface area contributed by atoms with E-state index >= 15 is 0 Å². The van der Waals surface area contributed by atoms with Crippen LogP contribution in [0.15, 0.2) is 42.2 Å². The molecule has 2 aliphatic rings. The molecule has 1 amide bonds. The molecule has 124 valence electrons. The second kappa shape index (κ2) is 8.02. The Morgan fingerprint density at radius 2 is 2.13 bits per heavy atom. The van der Waals surface area contributed by atoms with Crippen LogP contribution in [-0.2, 0) is 14.3 Å². The zero-order valence-electron chi connectivity index (χ0n) is 13.2. The fourth-order valence-electron chi connectivity index (χ4n) is 2.71. The Hall–Kier alpha value is -2.01. The monoisotopic (exact) mass is 317 g/mol. The molecule has 2 unspecified atom stereocenters. The summed E-state index contributed by atoms with van der Waals surface area (Å²) in [6, 6.07) is 9.67. The van der Waals surface area contributed by atoms with Crippen LogP contribution in [0.3, 0.4) is 0 Å². The van der Waals surface area contributed by atoms with Crippen LogP contribution in [0.2, 0.25) is 0 Å². The standard InChI is InChI=1S/C18H23NO4/c20-18(19-10-14-8-9-21-11-14)15-6-7-17(22-12-15)13-23-16-4-2-1-3-5-16/h1-5,12,14,17H,6-11,13H2,(H,19,20). The number of carbonyl (C=O) groups excluding carboxylic acids is 1. The molecule has 1 aromatic carbocycles. The van der Waals surface area contributed by atoms with Crippen LogP contribution in [0.4, 0.5) is 0 Å². The van der Waals surface area contributed by atoms with Crippen LogP contribution in [0.5, 0.6) is 5.75 Å². The Morgan fingerprint density at radius 1 is 1.26 bits per heavy atom. The fourth-order valence-corrected chi connectivity index (χ4v) is 2.71. The van der Waals surface area contributed by atoms with Crippen LogP contribution in [0, 0.1) is 5.92 Å². The minimum Gasteiger partial charge on any atom is -0.494 e. The number of benzene rings is 1. The maximum absolute atomic E-state index is 12.1. The quantitative estimate of drug-likeness (QED) is 0.874. The second-order valence-corrected chi connectivity index (χ2v) is 6.00. The molecule has 0 radical (unpaired) electrons. The van der Waals surface area contributed by atoms with Gasteiger partial charge >= 0.3 is 0 Å². The lowest BCUT2D eigenvalue weighted by molar-refractivity contribution is -0.118. The highest BCUT2D eigenvalue weighted by Gasteiger charge is 2.22. The molecule has 0 aliphatic carbocycles. The van der Waals surface area contributed by atoms with Crippen molar-refractivity contribution >= 4 is 5.91 Å². The topological polar surface area (TPSA) is 56.8 Å². The molecule has 5 nitrogen and oxygen atoms in total. The van der Waals surface area contributed by atoms with Gasteiger partial charge in [0.1, 0.15) is 18.5 Å². The summed E-state index contributed by atoms with van der Waals surface area (Å²) in [5.74, 6) is 1.25. The van der Waals surface area contributed by atoms with Gasteiger partial charge in [-0.05, 0) is 31.4 Å². The number of para-hydroxylation sites is 1. The van der Waals surface area contributed by atoms with Gasteiger partial charge in [-0.2, -0.15) is 0 Å². The molecule has 2 atom stereocenters. The lowest BCUT2D eigenvalue weighted by atomic mass is 10.0. The number of rotatable bonds is 6. The van der Waals surface area contributed by atoms with Crippen molar-refractivity contribution in [3.8, 4) is 5.75 Å². The number of amides is 1. The zero-order valence-corrected chi connectivity index (χ0v) is 13.2. The summed E-state index contributed by atoms with van der Waals surface area (Å²) in [4.78, 5) is 12.1. The average molecular weight is 317 g/mol. The van der Waals surface area contributed by atoms with Crippen molar-refractivity contribution in [3.05, 3.63) is 42.2 Å². The molecule has 23 heavy (non-hydrogen) atoms. The van der Waals surface area contributed by atoms with E-state index in [9.17, 15) is 4.79 Å². The van der Waals surface area contributed by atoms with Gasteiger partial charge in [-0.15, -0.1) is 0 Å². The third kappa shape index (κ3) is 4.73. The summed E-state index contributed by atoms with van der Waals surface area (Å²) in [7, 11) is 0. The van der Waals surface area contributed by atoms with E-state index in [-0.39, 0.29) is 12.0 Å². The van der Waals surface area contributed by atoms with Gasteiger partial charge in [-0.25, -0.2) is 0 Å². The van der Waals surface area contributed by atoms with E-state index < -0.39 is 0 Å². The van der Waals surface area contributed by atoms with Gasteiger partial charge in [0.2, 0.25) is 5.91 Å². The highest BCUT2D eigenvalue weighted by molar-refractivity contribution is 5.93. The highest BCUT2D eigenvalue weighted by Crippen LogP contribution is 2.19. The van der Waals surface area contributed by atoms with E-state index in [0.29, 0.717) is 24.6 Å². The van der Waals surface area contributed by atoms with Gasteiger partial charge in [0.15, 0.2) is 0 Å². The van der Waals surface area contributed by atoms with E-state index in [1.165, 1.54) is 0 Å². The molecule has 0 spiro atoms. The van der Waals surface area contributed by atoms with Gasteiger partial charge in [-0.3, -0.25) is 4.79 Å². The van der Waals surface area contributed by atoms with Crippen LogP contribution in [0.1, 0.15) is 19.3 Å². The molecule has 2 heterocycles. The summed E-state index contributed by atoms with van der Waals surface area (Å²) in [6.45, 7) is 2.72. The average Bonchev–Trinajstić information content (AvgIpc) is 3.13. The number of carbonyl (C=O) groups is 1. The van der Waals surface area contributed by atoms with E-state index in [2.05, 4.69) is 5.32 Å². The summed E-state index contributed by atoms with van der Waals surface area (Å²) in [5.41, 5.74) is 0.708. The smallest absolute Gasteiger partial charge is 0.250 e. The predicted molar refractivity (Wildman–Crippen MR) is 86.1 cm³/mol.